The summed E-state index contributed by atoms with van der Waals surface area (Å²) in [5.41, 5.74) is 2.78. The summed E-state index contributed by atoms with van der Waals surface area (Å²) in [5, 5.41) is 11.1. The maximum atomic E-state index is 12.1. The topological polar surface area (TPSA) is 79.4 Å². The standard InChI is InChI=1S/C18H19NO4S/c1-13-6-8-17(9-7-13)24(21,22)23-12-16(20)11-15-10-14-4-2-3-5-18(14)19-15/h2-10,16,19-20H,11-12H2,1H3/t16-/m1/s1. The van der Waals surface area contributed by atoms with Crippen LogP contribution in [-0.4, -0.2) is 31.2 Å². The first kappa shape index (κ1) is 16.7. The molecule has 5 nitrogen and oxygen atoms in total. The van der Waals surface area contributed by atoms with Gasteiger partial charge in [-0.25, -0.2) is 0 Å². The molecule has 0 unspecified atom stereocenters. The lowest BCUT2D eigenvalue weighted by molar-refractivity contribution is 0.110. The molecule has 1 aromatic heterocycles. The highest BCUT2D eigenvalue weighted by Gasteiger charge is 2.18. The van der Waals surface area contributed by atoms with Gasteiger partial charge in [0.2, 0.25) is 0 Å². The molecule has 6 heteroatoms. The number of hydrogen-bond donors (Lipinski definition) is 2. The van der Waals surface area contributed by atoms with Crippen molar-refractivity contribution in [2.24, 2.45) is 0 Å². The molecular weight excluding hydrogens is 326 g/mol. The van der Waals surface area contributed by atoms with Crippen LogP contribution in [0.1, 0.15) is 11.3 Å². The van der Waals surface area contributed by atoms with Crippen LogP contribution < -0.4 is 0 Å². The molecular formula is C18H19NO4S. The zero-order chi connectivity index (χ0) is 17.2. The smallest absolute Gasteiger partial charge is 0.297 e. The third-order valence-corrected chi connectivity index (χ3v) is 5.06. The van der Waals surface area contributed by atoms with Crippen LogP contribution in [0.2, 0.25) is 0 Å². The zero-order valence-corrected chi connectivity index (χ0v) is 14.1. The van der Waals surface area contributed by atoms with Crippen molar-refractivity contribution in [3.05, 3.63) is 65.9 Å². The number of aromatic amines is 1. The van der Waals surface area contributed by atoms with E-state index in [4.69, 9.17) is 4.18 Å². The van der Waals surface area contributed by atoms with Gasteiger partial charge in [-0.05, 0) is 36.6 Å². The molecule has 0 saturated carbocycles. The van der Waals surface area contributed by atoms with E-state index in [1.54, 1.807) is 12.1 Å². The van der Waals surface area contributed by atoms with Crippen molar-refractivity contribution < 1.29 is 17.7 Å². The van der Waals surface area contributed by atoms with Gasteiger partial charge in [-0.2, -0.15) is 8.42 Å². The summed E-state index contributed by atoms with van der Waals surface area (Å²) < 4.78 is 29.2. The van der Waals surface area contributed by atoms with E-state index in [1.165, 1.54) is 12.1 Å². The Morgan fingerprint density at radius 1 is 1.12 bits per heavy atom. The molecule has 1 heterocycles. The number of nitrogens with one attached hydrogen (secondary N) is 1. The number of para-hydroxylation sites is 1. The van der Waals surface area contributed by atoms with Crippen molar-refractivity contribution in [2.45, 2.75) is 24.3 Å². The van der Waals surface area contributed by atoms with Crippen molar-refractivity contribution in [1.82, 2.24) is 4.98 Å². The number of hydrogen-bond acceptors (Lipinski definition) is 4. The lowest BCUT2D eigenvalue weighted by Crippen LogP contribution is -2.21. The molecule has 0 aliphatic carbocycles. The summed E-state index contributed by atoms with van der Waals surface area (Å²) in [6.45, 7) is 1.59. The van der Waals surface area contributed by atoms with Crippen molar-refractivity contribution in [2.75, 3.05) is 6.61 Å². The molecule has 0 bridgehead atoms. The van der Waals surface area contributed by atoms with Crippen LogP contribution in [0.5, 0.6) is 0 Å². The minimum atomic E-state index is -3.86. The Morgan fingerprint density at radius 3 is 2.54 bits per heavy atom. The predicted octanol–water partition coefficient (Wildman–Crippen LogP) is 2.79. The fourth-order valence-electron chi connectivity index (χ4n) is 2.50. The van der Waals surface area contributed by atoms with Gasteiger partial charge in [0.25, 0.3) is 10.1 Å². The van der Waals surface area contributed by atoms with Crippen LogP contribution >= 0.6 is 0 Å². The second-order valence-electron chi connectivity index (χ2n) is 5.79. The Kier molecular flexibility index (Phi) is 4.71. The number of H-pyrrole nitrogens is 1. The van der Waals surface area contributed by atoms with E-state index < -0.39 is 16.2 Å². The average Bonchev–Trinajstić information content (AvgIpc) is 2.95. The van der Waals surface area contributed by atoms with Crippen LogP contribution in [0.25, 0.3) is 10.9 Å². The van der Waals surface area contributed by atoms with Crippen molar-refractivity contribution in [1.29, 1.82) is 0 Å². The Hall–Kier alpha value is -2.15. The van der Waals surface area contributed by atoms with Crippen LogP contribution in [0.15, 0.2) is 59.5 Å². The largest absolute Gasteiger partial charge is 0.390 e. The lowest BCUT2D eigenvalue weighted by atomic mass is 10.2. The van der Waals surface area contributed by atoms with E-state index in [9.17, 15) is 13.5 Å². The minimum absolute atomic E-state index is 0.0888. The average molecular weight is 345 g/mol. The van der Waals surface area contributed by atoms with Crippen LogP contribution in [-0.2, 0) is 20.7 Å². The highest BCUT2D eigenvalue weighted by Crippen LogP contribution is 2.17. The summed E-state index contributed by atoms with van der Waals surface area (Å²) in [4.78, 5) is 3.29. The number of fused-ring (bicyclic) bond motifs is 1. The number of aromatic nitrogens is 1. The molecule has 0 spiro atoms. The maximum absolute atomic E-state index is 12.1. The summed E-state index contributed by atoms with van der Waals surface area (Å²) in [5.74, 6) is 0. The summed E-state index contributed by atoms with van der Waals surface area (Å²) in [6, 6.07) is 16.1. The molecule has 0 amide bonds. The second-order valence-corrected chi connectivity index (χ2v) is 7.41. The Balaban J connectivity index is 1.62. The first-order chi connectivity index (χ1) is 11.4. The normalized spacial score (nSPS) is 13.2. The van der Waals surface area contributed by atoms with Gasteiger partial charge in [0.1, 0.15) is 0 Å². The fourth-order valence-corrected chi connectivity index (χ4v) is 3.44. The fraction of sp³-hybridized carbons (Fsp3) is 0.222. The van der Waals surface area contributed by atoms with Crippen molar-refractivity contribution >= 4 is 21.0 Å². The minimum Gasteiger partial charge on any atom is -0.390 e. The van der Waals surface area contributed by atoms with Gasteiger partial charge in [-0.1, -0.05) is 35.9 Å². The number of aliphatic hydroxyl groups excluding tert-OH is 1. The molecule has 2 N–H and O–H groups in total. The molecule has 1 atom stereocenters. The molecule has 2 aromatic carbocycles. The third kappa shape index (κ3) is 3.84. The molecule has 126 valence electrons. The van der Waals surface area contributed by atoms with E-state index in [1.807, 2.05) is 37.3 Å². The van der Waals surface area contributed by atoms with Crippen molar-refractivity contribution in [3.63, 3.8) is 0 Å². The molecule has 0 aliphatic heterocycles. The van der Waals surface area contributed by atoms with E-state index in [-0.39, 0.29) is 17.9 Å². The molecule has 3 rings (SSSR count). The highest BCUT2D eigenvalue weighted by molar-refractivity contribution is 7.86. The molecule has 0 fully saturated rings. The SMILES string of the molecule is Cc1ccc(S(=O)(=O)OC[C@H](O)Cc2cc3ccccc3[nH]2)cc1. The van der Waals surface area contributed by atoms with Gasteiger partial charge in [0.15, 0.2) is 0 Å². The van der Waals surface area contributed by atoms with Gasteiger partial charge in [0, 0.05) is 17.6 Å². The number of aryl methyl sites for hydroxylation is 1. The Morgan fingerprint density at radius 2 is 1.83 bits per heavy atom. The zero-order valence-electron chi connectivity index (χ0n) is 13.3. The quantitative estimate of drug-likeness (QED) is 0.673. The number of benzene rings is 2. The monoisotopic (exact) mass is 345 g/mol. The molecule has 0 aliphatic rings. The van der Waals surface area contributed by atoms with Gasteiger partial charge in [-0.3, -0.25) is 4.18 Å². The molecule has 0 radical (unpaired) electrons. The van der Waals surface area contributed by atoms with E-state index in [0.29, 0.717) is 0 Å². The van der Waals surface area contributed by atoms with Gasteiger partial charge in [0.05, 0.1) is 17.6 Å². The van der Waals surface area contributed by atoms with Crippen LogP contribution in [0, 0.1) is 6.92 Å². The summed E-state index contributed by atoms with van der Waals surface area (Å²) in [6.07, 6.45) is -0.628. The first-order valence-corrected chi connectivity index (χ1v) is 9.06. The molecule has 24 heavy (non-hydrogen) atoms. The summed E-state index contributed by atoms with van der Waals surface area (Å²) >= 11 is 0. The molecule has 3 aromatic rings. The highest BCUT2D eigenvalue weighted by atomic mass is 32.2. The molecule has 0 saturated heterocycles. The Labute approximate surface area is 141 Å². The summed E-state index contributed by atoms with van der Waals surface area (Å²) in [7, 11) is -3.86. The number of rotatable bonds is 6. The van der Waals surface area contributed by atoms with Gasteiger partial charge >= 0.3 is 0 Å². The van der Waals surface area contributed by atoms with Crippen molar-refractivity contribution in [3.8, 4) is 0 Å². The van der Waals surface area contributed by atoms with E-state index >= 15 is 0 Å². The van der Waals surface area contributed by atoms with E-state index in [0.717, 1.165) is 22.2 Å². The number of aliphatic hydroxyl groups is 1. The maximum Gasteiger partial charge on any atom is 0.297 e. The van der Waals surface area contributed by atoms with Gasteiger partial charge < -0.3 is 10.1 Å². The van der Waals surface area contributed by atoms with Crippen LogP contribution in [0.3, 0.4) is 0 Å². The van der Waals surface area contributed by atoms with E-state index in [2.05, 4.69) is 4.98 Å². The van der Waals surface area contributed by atoms with Crippen LogP contribution in [0.4, 0.5) is 0 Å². The third-order valence-electron chi connectivity index (χ3n) is 3.77. The lowest BCUT2D eigenvalue weighted by Gasteiger charge is -2.11. The Bertz CT molecular complexity index is 896. The predicted molar refractivity (Wildman–Crippen MR) is 92.3 cm³/mol. The van der Waals surface area contributed by atoms with Gasteiger partial charge in [-0.15, -0.1) is 0 Å². The second kappa shape index (κ2) is 6.76. The first-order valence-electron chi connectivity index (χ1n) is 7.65.